The van der Waals surface area contributed by atoms with Crippen molar-refractivity contribution in [1.29, 1.82) is 0 Å². The average Bonchev–Trinajstić information content (AvgIpc) is 2.90. The minimum atomic E-state index is -0.270. The number of anilines is 1. The Labute approximate surface area is 144 Å². The summed E-state index contributed by atoms with van der Waals surface area (Å²) in [5.41, 5.74) is 1.19. The van der Waals surface area contributed by atoms with E-state index in [4.69, 9.17) is 11.6 Å². The molecule has 1 aromatic heterocycles. The van der Waals surface area contributed by atoms with Gasteiger partial charge >= 0.3 is 6.03 Å². The normalized spacial score (nSPS) is 11.0. The quantitative estimate of drug-likeness (QED) is 0.600. The van der Waals surface area contributed by atoms with E-state index in [0.29, 0.717) is 15.6 Å². The van der Waals surface area contributed by atoms with Crippen molar-refractivity contribution in [2.75, 3.05) is 5.32 Å². The largest absolute Gasteiger partial charge is 0.336 e. The van der Waals surface area contributed by atoms with Crippen molar-refractivity contribution in [3.8, 4) is 0 Å². The third-order valence-electron chi connectivity index (χ3n) is 2.84. The maximum Gasteiger partial charge on any atom is 0.319 e. The molecule has 0 atom stereocenters. The van der Waals surface area contributed by atoms with Gasteiger partial charge in [-0.1, -0.05) is 11.6 Å². The first-order valence-corrected chi connectivity index (χ1v) is 8.29. The van der Waals surface area contributed by atoms with Gasteiger partial charge in [0.25, 0.3) is 0 Å². The summed E-state index contributed by atoms with van der Waals surface area (Å²) in [6.07, 6.45) is 3.25. The summed E-state index contributed by atoms with van der Waals surface area (Å²) >= 11 is 7.25. The van der Waals surface area contributed by atoms with E-state index < -0.39 is 0 Å². The van der Waals surface area contributed by atoms with Gasteiger partial charge in [-0.2, -0.15) is 0 Å². The van der Waals surface area contributed by atoms with Crippen LogP contribution in [0.25, 0.3) is 6.08 Å². The molecule has 0 aliphatic carbocycles. The monoisotopic (exact) mass is 348 g/mol. The van der Waals surface area contributed by atoms with Crippen LogP contribution in [0.1, 0.15) is 29.1 Å². The number of nitrogens with one attached hydrogen (secondary N) is 2. The van der Waals surface area contributed by atoms with Gasteiger partial charge in [0.15, 0.2) is 5.78 Å². The number of rotatable bonds is 5. The minimum absolute atomic E-state index is 0.0618. The standard InChI is InChI=1S/C17H17ClN2O2S/c1-11(2)19-17(22)20-13-5-3-12(4-6-13)15(21)9-7-14-8-10-16(18)23-14/h3-11H,1-2H3,(H2,19,20,22)/b9-7+. The van der Waals surface area contributed by atoms with Crippen molar-refractivity contribution < 1.29 is 9.59 Å². The molecule has 0 aliphatic rings. The number of benzene rings is 1. The van der Waals surface area contributed by atoms with Crippen LogP contribution in [0.4, 0.5) is 10.5 Å². The Morgan fingerprint density at radius 3 is 2.39 bits per heavy atom. The van der Waals surface area contributed by atoms with E-state index in [-0.39, 0.29) is 17.9 Å². The third kappa shape index (κ3) is 5.54. The van der Waals surface area contributed by atoms with Gasteiger partial charge in [-0.3, -0.25) is 4.79 Å². The first-order valence-electron chi connectivity index (χ1n) is 7.09. The predicted octanol–water partition coefficient (Wildman–Crippen LogP) is 4.83. The molecular formula is C17H17ClN2O2S. The molecule has 0 aliphatic heterocycles. The zero-order valence-corrected chi connectivity index (χ0v) is 14.4. The number of allylic oxidation sites excluding steroid dienone is 1. The highest BCUT2D eigenvalue weighted by Crippen LogP contribution is 2.22. The van der Waals surface area contributed by atoms with Crippen LogP contribution >= 0.6 is 22.9 Å². The summed E-state index contributed by atoms with van der Waals surface area (Å²) in [6, 6.07) is 10.2. The number of hydrogen-bond donors (Lipinski definition) is 2. The summed E-state index contributed by atoms with van der Waals surface area (Å²) in [6.45, 7) is 3.77. The topological polar surface area (TPSA) is 58.2 Å². The van der Waals surface area contributed by atoms with E-state index in [9.17, 15) is 9.59 Å². The minimum Gasteiger partial charge on any atom is -0.336 e. The van der Waals surface area contributed by atoms with E-state index in [0.717, 1.165) is 4.88 Å². The highest BCUT2D eigenvalue weighted by atomic mass is 35.5. The molecule has 0 bridgehead atoms. The van der Waals surface area contributed by atoms with Crippen molar-refractivity contribution >= 4 is 46.5 Å². The van der Waals surface area contributed by atoms with E-state index in [2.05, 4.69) is 10.6 Å². The number of thiophene rings is 1. The lowest BCUT2D eigenvalue weighted by atomic mass is 10.1. The van der Waals surface area contributed by atoms with Crippen LogP contribution in [-0.2, 0) is 0 Å². The second-order valence-corrected chi connectivity index (χ2v) is 6.92. The molecule has 23 heavy (non-hydrogen) atoms. The van der Waals surface area contributed by atoms with Crippen LogP contribution < -0.4 is 10.6 Å². The maximum absolute atomic E-state index is 12.1. The first kappa shape index (κ1) is 17.2. The number of hydrogen-bond acceptors (Lipinski definition) is 3. The van der Waals surface area contributed by atoms with Crippen molar-refractivity contribution in [2.24, 2.45) is 0 Å². The van der Waals surface area contributed by atoms with Crippen molar-refractivity contribution in [3.63, 3.8) is 0 Å². The van der Waals surface area contributed by atoms with Crippen molar-refractivity contribution in [2.45, 2.75) is 19.9 Å². The van der Waals surface area contributed by atoms with Gasteiger partial charge in [-0.15, -0.1) is 11.3 Å². The lowest BCUT2D eigenvalue weighted by Gasteiger charge is -2.10. The van der Waals surface area contributed by atoms with Crippen LogP contribution in [0.15, 0.2) is 42.5 Å². The molecule has 2 amide bonds. The molecular weight excluding hydrogens is 332 g/mol. The predicted molar refractivity (Wildman–Crippen MR) is 96.4 cm³/mol. The second kappa shape index (κ2) is 7.94. The van der Waals surface area contributed by atoms with Gasteiger partial charge in [0, 0.05) is 22.2 Å². The molecule has 0 saturated carbocycles. The van der Waals surface area contributed by atoms with Crippen LogP contribution in [0.3, 0.4) is 0 Å². The summed E-state index contributed by atoms with van der Waals surface area (Å²) in [7, 11) is 0. The van der Waals surface area contributed by atoms with Gasteiger partial charge in [0.05, 0.1) is 4.34 Å². The molecule has 0 fully saturated rings. The smallest absolute Gasteiger partial charge is 0.319 e. The SMILES string of the molecule is CC(C)NC(=O)Nc1ccc(C(=O)/C=C/c2ccc(Cl)s2)cc1. The number of carbonyl (C=O) groups excluding carboxylic acids is 2. The molecule has 0 radical (unpaired) electrons. The number of carbonyl (C=O) groups is 2. The molecule has 4 nitrogen and oxygen atoms in total. The molecule has 2 N–H and O–H groups in total. The van der Waals surface area contributed by atoms with Crippen molar-refractivity contribution in [1.82, 2.24) is 5.32 Å². The van der Waals surface area contributed by atoms with E-state index in [1.807, 2.05) is 19.9 Å². The summed E-state index contributed by atoms with van der Waals surface area (Å²) < 4.78 is 0.687. The average molecular weight is 349 g/mol. The fourth-order valence-electron chi connectivity index (χ4n) is 1.82. The summed E-state index contributed by atoms with van der Waals surface area (Å²) in [5, 5.41) is 5.44. The van der Waals surface area contributed by atoms with Gasteiger partial charge < -0.3 is 10.6 Å². The zero-order valence-electron chi connectivity index (χ0n) is 12.8. The Hall–Kier alpha value is -2.11. The number of halogens is 1. The Morgan fingerprint density at radius 1 is 1.13 bits per heavy atom. The van der Waals surface area contributed by atoms with Gasteiger partial charge in [0.1, 0.15) is 0 Å². The summed E-state index contributed by atoms with van der Waals surface area (Å²) in [5.74, 6) is -0.104. The molecule has 1 aromatic carbocycles. The molecule has 6 heteroatoms. The Balaban J connectivity index is 1.97. The van der Waals surface area contributed by atoms with E-state index in [1.165, 1.54) is 17.4 Å². The van der Waals surface area contributed by atoms with Gasteiger partial charge in [0.2, 0.25) is 0 Å². The molecule has 0 saturated heterocycles. The lowest BCUT2D eigenvalue weighted by molar-refractivity contribution is 0.104. The molecule has 2 rings (SSSR count). The van der Waals surface area contributed by atoms with Crippen LogP contribution in [0.2, 0.25) is 4.34 Å². The third-order valence-corrected chi connectivity index (χ3v) is 4.04. The highest BCUT2D eigenvalue weighted by molar-refractivity contribution is 7.17. The van der Waals surface area contributed by atoms with Gasteiger partial charge in [-0.05, 0) is 62.4 Å². The van der Waals surface area contributed by atoms with E-state index in [1.54, 1.807) is 36.4 Å². The number of ketones is 1. The fraction of sp³-hybridized carbons (Fsp3) is 0.176. The molecule has 1 heterocycles. The highest BCUT2D eigenvalue weighted by Gasteiger charge is 2.05. The zero-order chi connectivity index (χ0) is 16.8. The second-order valence-electron chi connectivity index (χ2n) is 5.17. The van der Waals surface area contributed by atoms with E-state index >= 15 is 0 Å². The molecule has 0 spiro atoms. The summed E-state index contributed by atoms with van der Waals surface area (Å²) in [4.78, 5) is 24.6. The van der Waals surface area contributed by atoms with Crippen molar-refractivity contribution in [3.05, 3.63) is 57.3 Å². The van der Waals surface area contributed by atoms with Crippen LogP contribution in [-0.4, -0.2) is 17.9 Å². The van der Waals surface area contributed by atoms with Crippen LogP contribution in [0.5, 0.6) is 0 Å². The molecule has 2 aromatic rings. The fourth-order valence-corrected chi connectivity index (χ4v) is 2.78. The molecule has 0 unspecified atom stereocenters. The Morgan fingerprint density at radius 2 is 1.83 bits per heavy atom. The van der Waals surface area contributed by atoms with Gasteiger partial charge in [-0.25, -0.2) is 4.79 Å². The number of urea groups is 1. The number of amides is 2. The first-order chi connectivity index (χ1) is 10.9. The maximum atomic E-state index is 12.1. The molecule has 120 valence electrons. The van der Waals surface area contributed by atoms with Crippen LogP contribution in [0, 0.1) is 0 Å². The Bertz CT molecular complexity index is 720. The lowest BCUT2D eigenvalue weighted by Crippen LogP contribution is -2.34. The Kier molecular flexibility index (Phi) is 5.96.